The van der Waals surface area contributed by atoms with Gasteiger partial charge in [0.05, 0.1) is 24.9 Å². The summed E-state index contributed by atoms with van der Waals surface area (Å²) in [6, 6.07) is 11.6. The Morgan fingerprint density at radius 2 is 1.86 bits per heavy atom. The van der Waals surface area contributed by atoms with Crippen LogP contribution in [0.5, 0.6) is 5.75 Å². The highest BCUT2D eigenvalue weighted by molar-refractivity contribution is 6.43. The van der Waals surface area contributed by atoms with Crippen LogP contribution in [-0.2, 0) is 22.6 Å². The number of rotatable bonds is 11. The highest BCUT2D eigenvalue weighted by Gasteiger charge is 2.31. The molecule has 36 heavy (non-hydrogen) atoms. The summed E-state index contributed by atoms with van der Waals surface area (Å²) in [6.45, 7) is 5.90. The van der Waals surface area contributed by atoms with Crippen molar-refractivity contribution in [3.63, 3.8) is 0 Å². The highest BCUT2D eigenvalue weighted by atomic mass is 16.5. The summed E-state index contributed by atoms with van der Waals surface area (Å²) in [5.41, 5.74) is 1.63. The predicted octanol–water partition coefficient (Wildman–Crippen LogP) is 1.16. The molecular formula is C25H35BN4O6. The molecule has 1 aliphatic heterocycles. The average Bonchev–Trinajstić information content (AvgIpc) is 2.88. The Morgan fingerprint density at radius 3 is 2.47 bits per heavy atom. The van der Waals surface area contributed by atoms with Crippen LogP contribution in [0.1, 0.15) is 31.5 Å². The summed E-state index contributed by atoms with van der Waals surface area (Å²) in [4.78, 5) is 31.5. The van der Waals surface area contributed by atoms with Crippen LogP contribution in [0.4, 0.5) is 4.79 Å². The highest BCUT2D eigenvalue weighted by Crippen LogP contribution is 2.16. The molecule has 0 saturated carbocycles. The van der Waals surface area contributed by atoms with Crippen LogP contribution in [0, 0.1) is 5.92 Å². The molecule has 0 radical (unpaired) electrons. The second-order valence-electron chi connectivity index (χ2n) is 9.22. The molecule has 1 aromatic carbocycles. The van der Waals surface area contributed by atoms with Crippen LogP contribution >= 0.6 is 0 Å². The number of carbonyl (C=O) groups is 2. The Morgan fingerprint density at radius 1 is 1.14 bits per heavy atom. The molecule has 1 fully saturated rings. The van der Waals surface area contributed by atoms with Gasteiger partial charge in [-0.25, -0.2) is 4.79 Å². The molecule has 1 aromatic heterocycles. The largest absolute Gasteiger partial charge is 0.487 e. The van der Waals surface area contributed by atoms with Gasteiger partial charge >= 0.3 is 13.1 Å². The minimum absolute atomic E-state index is 0.165. The number of nitrogens with zero attached hydrogens (tertiary/aromatic N) is 2. The van der Waals surface area contributed by atoms with E-state index in [1.54, 1.807) is 18.3 Å². The minimum atomic E-state index is -1.65. The first-order valence-electron chi connectivity index (χ1n) is 12.2. The Balaban J connectivity index is 1.67. The van der Waals surface area contributed by atoms with Crippen molar-refractivity contribution in [1.82, 2.24) is 20.5 Å². The fourth-order valence-electron chi connectivity index (χ4n) is 3.91. The van der Waals surface area contributed by atoms with E-state index in [1.165, 1.54) is 4.90 Å². The summed E-state index contributed by atoms with van der Waals surface area (Å²) in [5.74, 6) is -0.445. The molecule has 0 aliphatic carbocycles. The van der Waals surface area contributed by atoms with E-state index in [2.05, 4.69) is 15.6 Å². The lowest BCUT2D eigenvalue weighted by Gasteiger charge is -2.29. The van der Waals surface area contributed by atoms with Crippen molar-refractivity contribution in [1.29, 1.82) is 0 Å². The topological polar surface area (TPSA) is 133 Å². The number of morpholine rings is 1. The third-order valence-electron chi connectivity index (χ3n) is 5.82. The standard InChI is InChI=1S/C25H35BN4O6/c1-18(2)15-23(26(33)34)28-22(24(31)29-25(32)30-11-13-35-14-12-30)16-19-6-8-21(9-7-19)36-17-20-5-3-4-10-27-20/h3-10,18,22-23,28,33-34H,11-17H2,1-2H3,(H,29,31,32)/t22-,23+/m0/s1. The lowest BCUT2D eigenvalue weighted by Crippen LogP contribution is -2.57. The monoisotopic (exact) mass is 498 g/mol. The van der Waals surface area contributed by atoms with Crippen molar-refractivity contribution in [3.8, 4) is 5.75 Å². The summed E-state index contributed by atoms with van der Waals surface area (Å²) < 4.78 is 11.0. The van der Waals surface area contributed by atoms with E-state index in [4.69, 9.17) is 9.47 Å². The average molecular weight is 498 g/mol. The Labute approximate surface area is 212 Å². The molecule has 0 spiro atoms. The number of amides is 3. The van der Waals surface area contributed by atoms with Gasteiger partial charge in [-0.05, 0) is 48.6 Å². The number of nitrogens with one attached hydrogen (secondary N) is 2. The SMILES string of the molecule is CC(C)C[C@@H](N[C@@H](Cc1ccc(OCc2ccccn2)cc1)C(=O)NC(=O)N1CCOCC1)B(O)O. The zero-order chi connectivity index (χ0) is 25.9. The second-order valence-corrected chi connectivity index (χ2v) is 9.22. The van der Waals surface area contributed by atoms with Crippen LogP contribution in [0.15, 0.2) is 48.7 Å². The van der Waals surface area contributed by atoms with E-state index < -0.39 is 31.0 Å². The zero-order valence-corrected chi connectivity index (χ0v) is 20.8. The quantitative estimate of drug-likeness (QED) is 0.340. The van der Waals surface area contributed by atoms with Crippen LogP contribution in [0.25, 0.3) is 0 Å². The molecule has 0 unspecified atom stereocenters. The zero-order valence-electron chi connectivity index (χ0n) is 20.8. The van der Waals surface area contributed by atoms with E-state index in [0.29, 0.717) is 45.1 Å². The van der Waals surface area contributed by atoms with Crippen molar-refractivity contribution >= 4 is 19.1 Å². The summed E-state index contributed by atoms with van der Waals surface area (Å²) in [7, 11) is -1.65. The first kappa shape index (κ1) is 27.6. The van der Waals surface area contributed by atoms with Gasteiger partial charge in [0.25, 0.3) is 0 Å². The number of aromatic nitrogens is 1. The van der Waals surface area contributed by atoms with Gasteiger partial charge in [-0.15, -0.1) is 0 Å². The number of benzene rings is 1. The number of urea groups is 1. The second kappa shape index (κ2) is 13.9. The first-order chi connectivity index (χ1) is 17.3. The van der Waals surface area contributed by atoms with E-state index >= 15 is 0 Å². The molecule has 2 atom stereocenters. The van der Waals surface area contributed by atoms with Crippen molar-refractivity contribution < 1.29 is 29.1 Å². The summed E-state index contributed by atoms with van der Waals surface area (Å²) >= 11 is 0. The molecule has 2 aromatic rings. The molecule has 11 heteroatoms. The number of hydrogen-bond donors (Lipinski definition) is 4. The van der Waals surface area contributed by atoms with E-state index in [9.17, 15) is 19.6 Å². The van der Waals surface area contributed by atoms with Crippen molar-refractivity contribution in [3.05, 3.63) is 59.9 Å². The number of carbonyl (C=O) groups excluding carboxylic acids is 2. The van der Waals surface area contributed by atoms with Crippen LogP contribution in [0.2, 0.25) is 0 Å². The van der Waals surface area contributed by atoms with Gasteiger partial charge in [0.2, 0.25) is 5.91 Å². The Kier molecular flexibility index (Phi) is 10.7. The smallest absolute Gasteiger partial charge is 0.469 e. The summed E-state index contributed by atoms with van der Waals surface area (Å²) in [6.07, 6.45) is 2.39. The molecule has 194 valence electrons. The van der Waals surface area contributed by atoms with Gasteiger partial charge in [-0.2, -0.15) is 0 Å². The van der Waals surface area contributed by atoms with E-state index in [1.807, 2.05) is 44.2 Å². The summed E-state index contributed by atoms with van der Waals surface area (Å²) in [5, 5.41) is 25.3. The molecule has 10 nitrogen and oxygen atoms in total. The first-order valence-corrected chi connectivity index (χ1v) is 12.2. The number of hydrogen-bond acceptors (Lipinski definition) is 8. The fraction of sp³-hybridized carbons (Fsp3) is 0.480. The van der Waals surface area contributed by atoms with Crippen LogP contribution in [0.3, 0.4) is 0 Å². The van der Waals surface area contributed by atoms with Gasteiger partial charge in [-0.1, -0.05) is 32.0 Å². The van der Waals surface area contributed by atoms with Crippen LogP contribution in [-0.4, -0.2) is 77.3 Å². The third kappa shape index (κ3) is 8.91. The Bertz CT molecular complexity index is 955. The van der Waals surface area contributed by atoms with Gasteiger partial charge in [0.15, 0.2) is 0 Å². The molecule has 2 heterocycles. The van der Waals surface area contributed by atoms with E-state index in [-0.39, 0.29) is 12.3 Å². The molecule has 0 bridgehead atoms. The molecule has 1 saturated heterocycles. The fourth-order valence-corrected chi connectivity index (χ4v) is 3.91. The van der Waals surface area contributed by atoms with Crippen molar-refractivity contribution in [2.24, 2.45) is 5.92 Å². The normalized spacial score (nSPS) is 15.3. The predicted molar refractivity (Wildman–Crippen MR) is 135 cm³/mol. The number of pyridine rings is 1. The van der Waals surface area contributed by atoms with Crippen molar-refractivity contribution in [2.75, 3.05) is 26.3 Å². The molecule has 3 rings (SSSR count). The lowest BCUT2D eigenvalue weighted by atomic mass is 9.74. The Hall–Kier alpha value is -2.99. The lowest BCUT2D eigenvalue weighted by molar-refractivity contribution is -0.122. The van der Waals surface area contributed by atoms with Gasteiger partial charge < -0.3 is 29.7 Å². The maximum Gasteiger partial charge on any atom is 0.469 e. The van der Waals surface area contributed by atoms with Crippen molar-refractivity contribution in [2.45, 2.75) is 45.3 Å². The number of imide groups is 1. The molecule has 1 aliphatic rings. The maximum absolute atomic E-state index is 13.1. The van der Waals surface area contributed by atoms with Gasteiger partial charge in [0, 0.05) is 25.2 Å². The van der Waals surface area contributed by atoms with Gasteiger partial charge in [0.1, 0.15) is 12.4 Å². The minimum Gasteiger partial charge on any atom is -0.487 e. The van der Waals surface area contributed by atoms with Gasteiger partial charge in [-0.3, -0.25) is 15.1 Å². The maximum atomic E-state index is 13.1. The van der Waals surface area contributed by atoms with E-state index in [0.717, 1.165) is 11.3 Å². The molecule has 3 amide bonds. The van der Waals surface area contributed by atoms with Crippen LogP contribution < -0.4 is 15.4 Å². The molecular weight excluding hydrogens is 463 g/mol. The number of ether oxygens (including phenoxy) is 2. The molecule has 4 N–H and O–H groups in total. The third-order valence-corrected chi connectivity index (χ3v) is 5.82.